The third-order valence-electron chi connectivity index (χ3n) is 10.3. The number of fused-ring (bicyclic) bond motifs is 5. The van der Waals surface area contributed by atoms with E-state index in [1.165, 1.54) is 0 Å². The number of ketones is 1. The van der Waals surface area contributed by atoms with Gasteiger partial charge in [-0.15, -0.1) is 0 Å². The summed E-state index contributed by atoms with van der Waals surface area (Å²) in [4.78, 5) is 24.9. The minimum atomic E-state index is -0.705. The minimum absolute atomic E-state index is 0.114. The Labute approximate surface area is 181 Å². The number of carbonyl (C=O) groups is 2. The van der Waals surface area contributed by atoms with E-state index in [1.807, 2.05) is 13.0 Å². The van der Waals surface area contributed by atoms with Crippen molar-refractivity contribution in [2.24, 2.45) is 46.3 Å². The van der Waals surface area contributed by atoms with Crippen LogP contribution in [0.2, 0.25) is 0 Å². The molecule has 4 aliphatic rings. The summed E-state index contributed by atoms with van der Waals surface area (Å²) in [5, 5.41) is 19.5. The van der Waals surface area contributed by atoms with Gasteiger partial charge in [-0.3, -0.25) is 9.59 Å². The molecule has 4 aliphatic carbocycles. The largest absolute Gasteiger partial charge is 0.481 e. The second-order valence-electron chi connectivity index (χ2n) is 11.5. The second kappa shape index (κ2) is 7.76. The summed E-state index contributed by atoms with van der Waals surface area (Å²) in [6.07, 6.45) is 9.86. The predicted molar refractivity (Wildman–Crippen MR) is 117 cm³/mol. The van der Waals surface area contributed by atoms with E-state index < -0.39 is 5.97 Å². The molecule has 0 aromatic rings. The summed E-state index contributed by atoms with van der Waals surface area (Å²) in [5.74, 6) is 1.74. The number of aliphatic carboxylic acids is 1. The topological polar surface area (TPSA) is 74.6 Å². The maximum absolute atomic E-state index is 13.8. The van der Waals surface area contributed by atoms with Crippen LogP contribution in [0.1, 0.15) is 85.5 Å². The van der Waals surface area contributed by atoms with E-state index in [1.54, 1.807) is 0 Å². The lowest BCUT2D eigenvalue weighted by Crippen LogP contribution is -2.58. The minimum Gasteiger partial charge on any atom is -0.481 e. The molecule has 4 heteroatoms. The molecule has 4 fully saturated rings. The highest BCUT2D eigenvalue weighted by molar-refractivity contribution is 5.99. The first-order valence-electron chi connectivity index (χ1n) is 12.2. The molecule has 0 spiro atoms. The van der Waals surface area contributed by atoms with Crippen molar-refractivity contribution in [3.05, 3.63) is 11.6 Å². The predicted octanol–water partition coefficient (Wildman–Crippen LogP) is 5.24. The zero-order valence-corrected chi connectivity index (χ0v) is 19.2. The van der Waals surface area contributed by atoms with Crippen LogP contribution in [0.15, 0.2) is 11.6 Å². The van der Waals surface area contributed by atoms with Crippen molar-refractivity contribution in [3.63, 3.8) is 0 Å². The van der Waals surface area contributed by atoms with Gasteiger partial charge >= 0.3 is 5.97 Å². The molecule has 9 atom stereocenters. The second-order valence-corrected chi connectivity index (χ2v) is 11.5. The molecule has 4 saturated carbocycles. The molecule has 0 radical (unpaired) electrons. The van der Waals surface area contributed by atoms with Crippen LogP contribution in [-0.4, -0.2) is 28.1 Å². The van der Waals surface area contributed by atoms with Gasteiger partial charge in [0.15, 0.2) is 5.78 Å². The number of hydrogen-bond donors (Lipinski definition) is 2. The van der Waals surface area contributed by atoms with Crippen LogP contribution in [0.5, 0.6) is 0 Å². The summed E-state index contributed by atoms with van der Waals surface area (Å²) in [5.41, 5.74) is 1.25. The van der Waals surface area contributed by atoms with Crippen molar-refractivity contribution in [3.8, 4) is 0 Å². The van der Waals surface area contributed by atoms with E-state index in [-0.39, 0.29) is 35.2 Å². The highest BCUT2D eigenvalue weighted by Gasteiger charge is 2.64. The standard InChI is InChI=1S/C26H40O4/c1-5-17-21-14-16(27)10-12-26(21,4)20-11-13-25(3)18(15(2)6-9-22(28)29)7-8-19(25)23(20)24(17)30/h5,15-16,18-21,23,27H,6-14H2,1-4H3,(H,28,29)/b17-5-/t15-,16-,18-,19+,20+,21?,23+,25-,26-/m1/s1. The maximum atomic E-state index is 13.8. The average Bonchev–Trinajstić information content (AvgIpc) is 3.05. The number of carboxylic acid groups (broad SMARTS) is 1. The van der Waals surface area contributed by atoms with Gasteiger partial charge in [0.05, 0.1) is 6.10 Å². The molecule has 0 aliphatic heterocycles. The van der Waals surface area contributed by atoms with Crippen LogP contribution in [0.4, 0.5) is 0 Å². The van der Waals surface area contributed by atoms with E-state index in [4.69, 9.17) is 5.11 Å². The van der Waals surface area contributed by atoms with Crippen molar-refractivity contribution in [2.75, 3.05) is 0 Å². The van der Waals surface area contributed by atoms with E-state index >= 15 is 0 Å². The first-order chi connectivity index (χ1) is 14.1. The number of Topliss-reactive ketones (excluding diaryl/α,β-unsaturated/α-hetero) is 1. The Morgan fingerprint density at radius 2 is 1.80 bits per heavy atom. The Morgan fingerprint density at radius 1 is 1.13 bits per heavy atom. The lowest BCUT2D eigenvalue weighted by Gasteiger charge is -2.61. The van der Waals surface area contributed by atoms with E-state index in [0.29, 0.717) is 29.5 Å². The summed E-state index contributed by atoms with van der Waals surface area (Å²) < 4.78 is 0. The summed E-state index contributed by atoms with van der Waals surface area (Å²) in [6.45, 7) is 9.04. The molecule has 0 heterocycles. The average molecular weight is 417 g/mol. The van der Waals surface area contributed by atoms with Crippen LogP contribution >= 0.6 is 0 Å². The fourth-order valence-corrected chi connectivity index (χ4v) is 8.72. The number of carbonyl (C=O) groups excluding carboxylic acids is 1. The SMILES string of the molecule is C/C=C1\C(=O)[C@H]2[C@@H]3CC[C@H]([C@H](C)CCC(=O)O)[C@@]3(C)CC[C@@H]2[C@@]2(C)CC[C@@H](O)CC12. The molecule has 1 unspecified atom stereocenters. The molecule has 30 heavy (non-hydrogen) atoms. The van der Waals surface area contributed by atoms with Crippen molar-refractivity contribution >= 4 is 11.8 Å². The van der Waals surface area contributed by atoms with Gasteiger partial charge in [-0.05, 0) is 104 Å². The first kappa shape index (κ1) is 22.0. The number of hydrogen-bond acceptors (Lipinski definition) is 3. The first-order valence-corrected chi connectivity index (χ1v) is 12.2. The molecule has 0 aromatic heterocycles. The number of allylic oxidation sites excluding steroid dienone is 2. The van der Waals surface area contributed by atoms with Crippen LogP contribution in [0.3, 0.4) is 0 Å². The zero-order valence-electron chi connectivity index (χ0n) is 19.2. The number of rotatable bonds is 4. The number of aliphatic hydroxyl groups is 1. The fourth-order valence-electron chi connectivity index (χ4n) is 8.72. The van der Waals surface area contributed by atoms with Crippen LogP contribution < -0.4 is 0 Å². The Bertz CT molecular complexity index is 741. The lowest BCUT2D eigenvalue weighted by atomic mass is 9.43. The Hall–Kier alpha value is -1.16. The highest BCUT2D eigenvalue weighted by atomic mass is 16.4. The van der Waals surface area contributed by atoms with Gasteiger partial charge in [-0.1, -0.05) is 26.8 Å². The normalized spacial score (nSPS) is 48.0. The molecular weight excluding hydrogens is 376 g/mol. The molecule has 168 valence electrons. The van der Waals surface area contributed by atoms with Crippen LogP contribution in [0, 0.1) is 46.3 Å². The maximum Gasteiger partial charge on any atom is 0.303 e. The fraction of sp³-hybridized carbons (Fsp3) is 0.846. The smallest absolute Gasteiger partial charge is 0.303 e. The lowest BCUT2D eigenvalue weighted by molar-refractivity contribution is -0.150. The van der Waals surface area contributed by atoms with Crippen molar-refractivity contribution in [1.82, 2.24) is 0 Å². The molecule has 0 bridgehead atoms. The Morgan fingerprint density at radius 3 is 2.47 bits per heavy atom. The van der Waals surface area contributed by atoms with Crippen LogP contribution in [0.25, 0.3) is 0 Å². The summed E-state index contributed by atoms with van der Waals surface area (Å²) in [6, 6.07) is 0. The molecular formula is C26H40O4. The van der Waals surface area contributed by atoms with Gasteiger partial charge in [0.25, 0.3) is 0 Å². The highest BCUT2D eigenvalue weighted by Crippen LogP contribution is 2.68. The molecule has 0 saturated heterocycles. The van der Waals surface area contributed by atoms with Crippen molar-refractivity contribution in [2.45, 2.75) is 91.6 Å². The van der Waals surface area contributed by atoms with Crippen molar-refractivity contribution < 1.29 is 19.8 Å². The van der Waals surface area contributed by atoms with Gasteiger partial charge in [0.2, 0.25) is 0 Å². The molecule has 2 N–H and O–H groups in total. The van der Waals surface area contributed by atoms with Crippen molar-refractivity contribution in [1.29, 1.82) is 0 Å². The zero-order chi connectivity index (χ0) is 21.8. The number of aliphatic hydroxyl groups excluding tert-OH is 1. The van der Waals surface area contributed by atoms with Gasteiger partial charge in [-0.2, -0.15) is 0 Å². The molecule has 0 amide bonds. The molecule has 4 nitrogen and oxygen atoms in total. The number of carboxylic acids is 1. The monoisotopic (exact) mass is 416 g/mol. The molecule has 0 aromatic carbocycles. The van der Waals surface area contributed by atoms with Gasteiger partial charge in [0.1, 0.15) is 0 Å². The third-order valence-corrected chi connectivity index (χ3v) is 10.3. The quantitative estimate of drug-likeness (QED) is 0.614. The van der Waals surface area contributed by atoms with E-state index in [9.17, 15) is 14.7 Å². The Balaban J connectivity index is 1.64. The molecule has 4 rings (SSSR count). The van der Waals surface area contributed by atoms with Gasteiger partial charge in [0, 0.05) is 12.3 Å². The van der Waals surface area contributed by atoms with Gasteiger partial charge in [-0.25, -0.2) is 0 Å². The van der Waals surface area contributed by atoms with E-state index in [2.05, 4.69) is 20.8 Å². The summed E-state index contributed by atoms with van der Waals surface area (Å²) in [7, 11) is 0. The van der Waals surface area contributed by atoms with Crippen LogP contribution in [-0.2, 0) is 9.59 Å². The third kappa shape index (κ3) is 3.20. The van der Waals surface area contributed by atoms with Gasteiger partial charge < -0.3 is 10.2 Å². The van der Waals surface area contributed by atoms with E-state index in [0.717, 1.165) is 56.9 Å². The Kier molecular flexibility index (Phi) is 5.70. The summed E-state index contributed by atoms with van der Waals surface area (Å²) >= 11 is 0.